The number of carboxylic acid groups (broad SMARTS) is 1. The topological polar surface area (TPSA) is 62.5 Å². The maximum Gasteiger partial charge on any atom is 0.371 e. The van der Waals surface area contributed by atoms with E-state index in [2.05, 4.69) is 5.32 Å². The van der Waals surface area contributed by atoms with Crippen molar-refractivity contribution in [3.8, 4) is 0 Å². The highest BCUT2D eigenvalue weighted by atomic mass is 16.4. The predicted molar refractivity (Wildman–Crippen MR) is 81.5 cm³/mol. The van der Waals surface area contributed by atoms with Gasteiger partial charge in [0.25, 0.3) is 0 Å². The van der Waals surface area contributed by atoms with Gasteiger partial charge in [-0.3, -0.25) is 0 Å². The minimum absolute atomic E-state index is 0.00249. The van der Waals surface area contributed by atoms with Gasteiger partial charge in [-0.05, 0) is 49.1 Å². The Hall–Kier alpha value is -1.81. The van der Waals surface area contributed by atoms with Crippen LogP contribution in [0.15, 0.2) is 28.7 Å². The van der Waals surface area contributed by atoms with E-state index in [9.17, 15) is 4.79 Å². The van der Waals surface area contributed by atoms with E-state index in [4.69, 9.17) is 9.52 Å². The van der Waals surface area contributed by atoms with Gasteiger partial charge in [-0.15, -0.1) is 0 Å². The molecule has 0 spiro atoms. The van der Waals surface area contributed by atoms with Crippen LogP contribution in [0.3, 0.4) is 0 Å². The summed E-state index contributed by atoms with van der Waals surface area (Å²) in [4.78, 5) is 10.9. The van der Waals surface area contributed by atoms with Crippen molar-refractivity contribution in [2.75, 3.05) is 6.54 Å². The van der Waals surface area contributed by atoms with Gasteiger partial charge >= 0.3 is 5.97 Å². The largest absolute Gasteiger partial charge is 0.475 e. The maximum absolute atomic E-state index is 10.9. The molecule has 1 aromatic heterocycles. The first kappa shape index (κ1) is 14.1. The zero-order chi connectivity index (χ0) is 14.7. The van der Waals surface area contributed by atoms with Crippen LogP contribution in [0.1, 0.15) is 48.2 Å². The van der Waals surface area contributed by atoms with Crippen LogP contribution < -0.4 is 5.32 Å². The van der Waals surface area contributed by atoms with Crippen molar-refractivity contribution >= 4 is 16.9 Å². The number of aromatic carboxylic acids is 1. The Bertz CT molecular complexity index is 626. The number of carboxylic acids is 1. The third-order valence-electron chi connectivity index (χ3n) is 4.28. The number of carbonyl (C=O) groups is 1. The van der Waals surface area contributed by atoms with Crippen LogP contribution in [0.5, 0.6) is 0 Å². The van der Waals surface area contributed by atoms with Crippen molar-refractivity contribution in [1.29, 1.82) is 0 Å². The molecule has 0 radical (unpaired) electrons. The van der Waals surface area contributed by atoms with Gasteiger partial charge in [0.1, 0.15) is 5.58 Å². The van der Waals surface area contributed by atoms with Gasteiger partial charge in [0.05, 0.1) is 0 Å². The van der Waals surface area contributed by atoms with Crippen molar-refractivity contribution < 1.29 is 14.3 Å². The van der Waals surface area contributed by atoms with E-state index in [1.807, 2.05) is 18.2 Å². The van der Waals surface area contributed by atoms with E-state index >= 15 is 0 Å². The number of hydrogen-bond acceptors (Lipinski definition) is 3. The molecule has 2 N–H and O–H groups in total. The van der Waals surface area contributed by atoms with Gasteiger partial charge in [-0.2, -0.15) is 0 Å². The fraction of sp³-hybridized carbons (Fsp3) is 0.471. The summed E-state index contributed by atoms with van der Waals surface area (Å²) in [6.45, 7) is 1.89. The highest BCUT2D eigenvalue weighted by molar-refractivity contribution is 5.91. The molecular formula is C17H21NO3. The normalized spacial score (nSPS) is 16.4. The lowest BCUT2D eigenvalue weighted by molar-refractivity contribution is 0.0665. The Morgan fingerprint density at radius 2 is 2.05 bits per heavy atom. The van der Waals surface area contributed by atoms with Crippen molar-refractivity contribution in [2.45, 2.75) is 38.6 Å². The molecule has 0 saturated heterocycles. The van der Waals surface area contributed by atoms with Crippen molar-refractivity contribution in [3.05, 3.63) is 35.6 Å². The Morgan fingerprint density at radius 3 is 2.81 bits per heavy atom. The summed E-state index contributed by atoms with van der Waals surface area (Å²) < 4.78 is 5.26. The summed E-state index contributed by atoms with van der Waals surface area (Å²) >= 11 is 0. The van der Waals surface area contributed by atoms with Gasteiger partial charge in [-0.25, -0.2) is 4.79 Å². The van der Waals surface area contributed by atoms with E-state index in [0.717, 1.165) is 30.0 Å². The molecule has 0 bridgehead atoms. The van der Waals surface area contributed by atoms with E-state index in [0.29, 0.717) is 5.58 Å². The minimum atomic E-state index is -1.02. The summed E-state index contributed by atoms with van der Waals surface area (Å²) in [7, 11) is 0. The number of benzene rings is 1. The van der Waals surface area contributed by atoms with Gasteiger partial charge in [0, 0.05) is 11.9 Å². The SMILES string of the molecule is O=C(O)c1cc2cc(CNCC3CCCCC3)ccc2o1. The third kappa shape index (κ3) is 3.45. The molecule has 2 aromatic rings. The first-order valence-electron chi connectivity index (χ1n) is 7.69. The number of nitrogens with one attached hydrogen (secondary N) is 1. The number of fused-ring (bicyclic) bond motifs is 1. The van der Waals surface area contributed by atoms with Crippen LogP contribution >= 0.6 is 0 Å². The Labute approximate surface area is 124 Å². The van der Waals surface area contributed by atoms with E-state index in [-0.39, 0.29) is 5.76 Å². The Balaban J connectivity index is 1.60. The van der Waals surface area contributed by atoms with Crippen LogP contribution in [0.4, 0.5) is 0 Å². The molecule has 112 valence electrons. The summed E-state index contributed by atoms with van der Waals surface area (Å²) in [6.07, 6.45) is 6.81. The molecule has 1 heterocycles. The van der Waals surface area contributed by atoms with Crippen LogP contribution in [-0.2, 0) is 6.54 Å². The fourth-order valence-corrected chi connectivity index (χ4v) is 3.12. The smallest absolute Gasteiger partial charge is 0.371 e. The quantitative estimate of drug-likeness (QED) is 0.878. The zero-order valence-electron chi connectivity index (χ0n) is 12.1. The average Bonchev–Trinajstić information content (AvgIpc) is 2.92. The molecule has 1 aliphatic carbocycles. The summed E-state index contributed by atoms with van der Waals surface area (Å²) in [6, 6.07) is 7.42. The highest BCUT2D eigenvalue weighted by Crippen LogP contribution is 2.23. The van der Waals surface area contributed by atoms with Crippen LogP contribution in [0.2, 0.25) is 0 Å². The third-order valence-corrected chi connectivity index (χ3v) is 4.28. The molecule has 1 saturated carbocycles. The number of rotatable bonds is 5. The molecule has 1 aromatic carbocycles. The van der Waals surface area contributed by atoms with E-state index in [1.165, 1.54) is 32.1 Å². The summed E-state index contributed by atoms with van der Waals surface area (Å²) in [5, 5.41) is 13.3. The lowest BCUT2D eigenvalue weighted by atomic mass is 9.89. The highest BCUT2D eigenvalue weighted by Gasteiger charge is 2.13. The molecule has 4 nitrogen and oxygen atoms in total. The van der Waals surface area contributed by atoms with E-state index < -0.39 is 5.97 Å². The predicted octanol–water partition coefficient (Wildman–Crippen LogP) is 3.80. The molecule has 1 fully saturated rings. The zero-order valence-corrected chi connectivity index (χ0v) is 12.1. The first-order chi connectivity index (χ1) is 10.2. The Kier molecular flexibility index (Phi) is 4.25. The molecule has 3 rings (SSSR count). The molecule has 4 heteroatoms. The van der Waals surface area contributed by atoms with E-state index in [1.54, 1.807) is 6.07 Å². The molecule has 0 unspecified atom stereocenters. The van der Waals surface area contributed by atoms with Crippen LogP contribution in [0, 0.1) is 5.92 Å². The molecule has 1 aliphatic rings. The van der Waals surface area contributed by atoms with Crippen LogP contribution in [-0.4, -0.2) is 17.6 Å². The van der Waals surface area contributed by atoms with Gasteiger partial charge in [0.15, 0.2) is 0 Å². The minimum Gasteiger partial charge on any atom is -0.475 e. The maximum atomic E-state index is 10.9. The van der Waals surface area contributed by atoms with Gasteiger partial charge < -0.3 is 14.8 Å². The first-order valence-corrected chi connectivity index (χ1v) is 7.69. The second kappa shape index (κ2) is 6.31. The van der Waals surface area contributed by atoms with Crippen molar-refractivity contribution in [2.24, 2.45) is 5.92 Å². The molecule has 0 atom stereocenters. The van der Waals surface area contributed by atoms with Crippen molar-refractivity contribution in [1.82, 2.24) is 5.32 Å². The average molecular weight is 287 g/mol. The monoisotopic (exact) mass is 287 g/mol. The Morgan fingerprint density at radius 1 is 1.24 bits per heavy atom. The molecule has 21 heavy (non-hydrogen) atoms. The fourth-order valence-electron chi connectivity index (χ4n) is 3.12. The summed E-state index contributed by atoms with van der Waals surface area (Å²) in [5.74, 6) is -0.212. The number of furan rings is 1. The van der Waals surface area contributed by atoms with Crippen molar-refractivity contribution in [3.63, 3.8) is 0 Å². The van der Waals surface area contributed by atoms with Crippen LogP contribution in [0.25, 0.3) is 11.0 Å². The van der Waals surface area contributed by atoms with Gasteiger partial charge in [0.2, 0.25) is 5.76 Å². The summed E-state index contributed by atoms with van der Waals surface area (Å²) in [5.41, 5.74) is 1.79. The molecule has 0 aliphatic heterocycles. The lowest BCUT2D eigenvalue weighted by Gasteiger charge is -2.21. The standard InChI is InChI=1S/C17H21NO3/c19-17(20)16-9-14-8-13(6-7-15(14)21-16)11-18-10-12-4-2-1-3-5-12/h6-9,12,18H,1-5,10-11H2,(H,19,20). The number of hydrogen-bond donors (Lipinski definition) is 2. The molecule has 0 amide bonds. The lowest BCUT2D eigenvalue weighted by Crippen LogP contribution is -2.24. The second-order valence-corrected chi connectivity index (χ2v) is 5.92. The van der Waals surface area contributed by atoms with Gasteiger partial charge in [-0.1, -0.05) is 25.3 Å². The molecular weight excluding hydrogens is 266 g/mol. The second-order valence-electron chi connectivity index (χ2n) is 5.92.